The fourth-order valence-corrected chi connectivity index (χ4v) is 3.02. The predicted molar refractivity (Wildman–Crippen MR) is 88.5 cm³/mol. The van der Waals surface area contributed by atoms with E-state index in [0.717, 1.165) is 5.56 Å². The normalized spacial score (nSPS) is 19.9. The molecule has 1 saturated carbocycles. The lowest BCUT2D eigenvalue weighted by Crippen LogP contribution is -2.46. The van der Waals surface area contributed by atoms with Crippen molar-refractivity contribution < 1.29 is 18.4 Å². The highest BCUT2D eigenvalue weighted by Crippen LogP contribution is 2.49. The van der Waals surface area contributed by atoms with Crippen molar-refractivity contribution in [2.24, 2.45) is 11.7 Å². The first-order valence-electron chi connectivity index (χ1n) is 8.05. The number of rotatable bonds is 6. The number of halogens is 2. The molecule has 130 valence electrons. The van der Waals surface area contributed by atoms with Crippen LogP contribution in [-0.4, -0.2) is 17.9 Å². The molecule has 6 heteroatoms. The number of nitrogens with two attached hydrogens (primary N) is 1. The fourth-order valence-electron chi connectivity index (χ4n) is 3.02. The van der Waals surface area contributed by atoms with Crippen molar-refractivity contribution in [3.8, 4) is 0 Å². The first-order chi connectivity index (χ1) is 12.0. The maximum absolute atomic E-state index is 13.8. The van der Waals surface area contributed by atoms with Crippen molar-refractivity contribution in [2.45, 2.75) is 24.8 Å². The van der Waals surface area contributed by atoms with Gasteiger partial charge in [0.25, 0.3) is 0 Å². The zero-order chi connectivity index (χ0) is 18.0. The summed E-state index contributed by atoms with van der Waals surface area (Å²) in [7, 11) is 0. The van der Waals surface area contributed by atoms with Gasteiger partial charge >= 0.3 is 0 Å². The lowest BCUT2D eigenvalue weighted by atomic mass is 10.0. The number of hydrogen-bond acceptors (Lipinski definition) is 2. The summed E-state index contributed by atoms with van der Waals surface area (Å²) < 4.78 is 27.6. The van der Waals surface area contributed by atoms with Crippen molar-refractivity contribution >= 4 is 11.8 Å². The molecule has 4 nitrogen and oxygen atoms in total. The van der Waals surface area contributed by atoms with Gasteiger partial charge in [-0.3, -0.25) is 9.59 Å². The number of carbonyl (C=O) groups is 2. The Hall–Kier alpha value is -2.76. The maximum atomic E-state index is 13.8. The van der Waals surface area contributed by atoms with Gasteiger partial charge in [0.2, 0.25) is 11.8 Å². The van der Waals surface area contributed by atoms with Crippen LogP contribution in [0.25, 0.3) is 0 Å². The smallest absolute Gasteiger partial charge is 0.240 e. The summed E-state index contributed by atoms with van der Waals surface area (Å²) in [5.74, 6) is -3.43. The molecular weight excluding hydrogens is 326 g/mol. The summed E-state index contributed by atoms with van der Waals surface area (Å²) in [6.07, 6.45) is 0.619. The van der Waals surface area contributed by atoms with E-state index < -0.39 is 41.3 Å². The van der Waals surface area contributed by atoms with E-state index in [0.29, 0.717) is 6.42 Å². The molecule has 0 unspecified atom stereocenters. The molecule has 0 aromatic heterocycles. The molecule has 2 amide bonds. The van der Waals surface area contributed by atoms with Gasteiger partial charge in [-0.2, -0.15) is 0 Å². The Kier molecular flexibility index (Phi) is 4.79. The van der Waals surface area contributed by atoms with Crippen molar-refractivity contribution in [3.05, 3.63) is 71.3 Å². The van der Waals surface area contributed by atoms with Crippen molar-refractivity contribution in [3.63, 3.8) is 0 Å². The molecule has 0 saturated heterocycles. The summed E-state index contributed by atoms with van der Waals surface area (Å²) >= 11 is 0. The Morgan fingerprint density at radius 2 is 1.72 bits per heavy atom. The number of benzene rings is 2. The zero-order valence-electron chi connectivity index (χ0n) is 13.4. The van der Waals surface area contributed by atoms with Crippen molar-refractivity contribution in [2.75, 3.05) is 0 Å². The first-order valence-corrected chi connectivity index (χ1v) is 8.05. The molecule has 3 rings (SSSR count). The SMILES string of the molecule is NC(=O)[C@H](Cc1ccccc1)NC(=O)[C@@H]1C[C@H]1c1c(F)cccc1F. The van der Waals surface area contributed by atoms with E-state index in [1.165, 1.54) is 18.2 Å². The van der Waals surface area contributed by atoms with Crippen LogP contribution in [-0.2, 0) is 16.0 Å². The van der Waals surface area contributed by atoms with E-state index in [1.54, 1.807) is 0 Å². The Labute approximate surface area is 144 Å². The summed E-state index contributed by atoms with van der Waals surface area (Å²) in [6, 6.07) is 11.9. The van der Waals surface area contributed by atoms with Crippen LogP contribution in [0.15, 0.2) is 48.5 Å². The Morgan fingerprint density at radius 3 is 2.32 bits per heavy atom. The minimum absolute atomic E-state index is 0.0682. The van der Waals surface area contributed by atoms with Crippen LogP contribution in [0.3, 0.4) is 0 Å². The third kappa shape index (κ3) is 3.84. The quantitative estimate of drug-likeness (QED) is 0.844. The third-order valence-electron chi connectivity index (χ3n) is 4.44. The lowest BCUT2D eigenvalue weighted by molar-refractivity contribution is -0.128. The largest absolute Gasteiger partial charge is 0.368 e. The molecule has 0 heterocycles. The predicted octanol–water partition coefficient (Wildman–Crippen LogP) is 2.28. The Balaban J connectivity index is 1.66. The molecule has 0 radical (unpaired) electrons. The number of primary amides is 1. The first kappa shape index (κ1) is 17.1. The van der Waals surface area contributed by atoms with E-state index in [4.69, 9.17) is 5.73 Å². The maximum Gasteiger partial charge on any atom is 0.240 e. The number of carbonyl (C=O) groups excluding carboxylic acids is 2. The van der Waals surface area contributed by atoms with Gasteiger partial charge in [0.05, 0.1) is 0 Å². The van der Waals surface area contributed by atoms with E-state index in [9.17, 15) is 18.4 Å². The second-order valence-corrected chi connectivity index (χ2v) is 6.24. The number of hydrogen-bond donors (Lipinski definition) is 2. The van der Waals surface area contributed by atoms with Crippen LogP contribution in [0.4, 0.5) is 8.78 Å². The van der Waals surface area contributed by atoms with E-state index in [2.05, 4.69) is 5.32 Å². The van der Waals surface area contributed by atoms with Gasteiger partial charge in [-0.25, -0.2) is 8.78 Å². The number of nitrogens with one attached hydrogen (secondary N) is 1. The second-order valence-electron chi connectivity index (χ2n) is 6.24. The zero-order valence-corrected chi connectivity index (χ0v) is 13.4. The minimum atomic E-state index is -0.860. The molecular formula is C19H18F2N2O2. The van der Waals surface area contributed by atoms with Gasteiger partial charge in [0.1, 0.15) is 17.7 Å². The Bertz CT molecular complexity index is 775. The second kappa shape index (κ2) is 7.01. The highest BCUT2D eigenvalue weighted by molar-refractivity contribution is 5.89. The van der Waals surface area contributed by atoms with Crippen LogP contribution in [0, 0.1) is 17.6 Å². The Morgan fingerprint density at radius 1 is 1.08 bits per heavy atom. The summed E-state index contributed by atoms with van der Waals surface area (Å²) in [4.78, 5) is 24.0. The average molecular weight is 344 g/mol. The molecule has 3 N–H and O–H groups in total. The van der Waals surface area contributed by atoms with E-state index in [-0.39, 0.29) is 12.0 Å². The summed E-state index contributed by atoms with van der Waals surface area (Å²) in [6.45, 7) is 0. The fraction of sp³-hybridized carbons (Fsp3) is 0.263. The van der Waals surface area contributed by atoms with Gasteiger partial charge in [-0.1, -0.05) is 36.4 Å². The van der Waals surface area contributed by atoms with E-state index >= 15 is 0 Å². The van der Waals surface area contributed by atoms with Gasteiger partial charge in [0.15, 0.2) is 0 Å². The molecule has 2 aromatic rings. The average Bonchev–Trinajstić information content (AvgIpc) is 3.35. The van der Waals surface area contributed by atoms with Crippen LogP contribution in [0.5, 0.6) is 0 Å². The molecule has 2 aromatic carbocycles. The van der Waals surface area contributed by atoms with Gasteiger partial charge in [0, 0.05) is 23.8 Å². The molecule has 0 spiro atoms. The van der Waals surface area contributed by atoms with E-state index in [1.807, 2.05) is 30.3 Å². The molecule has 0 aliphatic heterocycles. The van der Waals surface area contributed by atoms with Crippen LogP contribution in [0.2, 0.25) is 0 Å². The highest BCUT2D eigenvalue weighted by atomic mass is 19.1. The standard InChI is InChI=1S/C19H18F2N2O2/c20-14-7-4-8-15(21)17(14)12-10-13(12)19(25)23-16(18(22)24)9-11-5-2-1-3-6-11/h1-8,12-13,16H,9-10H2,(H2,22,24)(H,23,25)/t12-,13-,16+/m1/s1. The topological polar surface area (TPSA) is 72.2 Å². The van der Waals surface area contributed by atoms with Crippen molar-refractivity contribution in [1.82, 2.24) is 5.32 Å². The van der Waals surface area contributed by atoms with Crippen LogP contribution >= 0.6 is 0 Å². The highest BCUT2D eigenvalue weighted by Gasteiger charge is 2.47. The minimum Gasteiger partial charge on any atom is -0.368 e. The number of amides is 2. The molecule has 3 atom stereocenters. The molecule has 1 fully saturated rings. The molecule has 1 aliphatic carbocycles. The van der Waals surface area contributed by atoms with Crippen LogP contribution in [0.1, 0.15) is 23.5 Å². The van der Waals surface area contributed by atoms with Gasteiger partial charge in [-0.15, -0.1) is 0 Å². The van der Waals surface area contributed by atoms with Gasteiger partial charge in [-0.05, 0) is 24.1 Å². The third-order valence-corrected chi connectivity index (χ3v) is 4.44. The summed E-state index contributed by atoms with van der Waals surface area (Å²) in [5.41, 5.74) is 6.17. The van der Waals surface area contributed by atoms with Crippen molar-refractivity contribution in [1.29, 1.82) is 0 Å². The summed E-state index contributed by atoms with van der Waals surface area (Å²) in [5, 5.41) is 2.61. The monoisotopic (exact) mass is 344 g/mol. The molecule has 0 bridgehead atoms. The molecule has 1 aliphatic rings. The molecule has 25 heavy (non-hydrogen) atoms. The van der Waals surface area contributed by atoms with Crippen LogP contribution < -0.4 is 11.1 Å². The van der Waals surface area contributed by atoms with Gasteiger partial charge < -0.3 is 11.1 Å². The lowest BCUT2D eigenvalue weighted by Gasteiger charge is -2.16.